The number of carbonyl (C=O) groups is 2. The lowest BCUT2D eigenvalue weighted by Gasteiger charge is -2.22. The smallest absolute Gasteiger partial charge is 0.242 e. The topological polar surface area (TPSA) is 49.4 Å². The summed E-state index contributed by atoms with van der Waals surface area (Å²) in [4.78, 5) is 28.1. The Morgan fingerprint density at radius 3 is 2.63 bits per heavy atom. The number of hydrogen-bond donors (Lipinski definition) is 1. The van der Waals surface area contributed by atoms with Gasteiger partial charge in [-0.05, 0) is 40.6 Å². The molecule has 1 aliphatic carbocycles. The van der Waals surface area contributed by atoms with Crippen LogP contribution in [0, 0.1) is 0 Å². The van der Waals surface area contributed by atoms with E-state index < -0.39 is 0 Å². The minimum atomic E-state index is -0.119. The Morgan fingerprint density at radius 1 is 1.04 bits per heavy atom. The monoisotopic (exact) mass is 378 g/mol. The summed E-state index contributed by atoms with van der Waals surface area (Å²) in [5, 5.41) is 7.04. The summed E-state index contributed by atoms with van der Waals surface area (Å²) in [5.41, 5.74) is 0.982. The van der Waals surface area contributed by atoms with Crippen LogP contribution in [0.25, 0.3) is 10.8 Å². The molecule has 1 heterocycles. The Labute approximate surface area is 162 Å². The van der Waals surface area contributed by atoms with Crippen LogP contribution in [-0.2, 0) is 22.6 Å². The molecule has 0 saturated heterocycles. The summed E-state index contributed by atoms with van der Waals surface area (Å²) in [6.45, 7) is 0.700. The van der Waals surface area contributed by atoms with Gasteiger partial charge >= 0.3 is 0 Å². The Bertz CT molecular complexity index is 943. The van der Waals surface area contributed by atoms with Crippen molar-refractivity contribution in [1.82, 2.24) is 10.2 Å². The highest BCUT2D eigenvalue weighted by Crippen LogP contribution is 2.29. The molecule has 4 rings (SSSR count). The number of carbonyl (C=O) groups excluding carboxylic acids is 2. The van der Waals surface area contributed by atoms with Crippen molar-refractivity contribution >= 4 is 33.9 Å². The summed E-state index contributed by atoms with van der Waals surface area (Å²) >= 11 is 1.66. The van der Waals surface area contributed by atoms with E-state index in [1.54, 1.807) is 11.3 Å². The highest BCUT2D eigenvalue weighted by molar-refractivity contribution is 7.09. The fourth-order valence-electron chi connectivity index (χ4n) is 3.34. The van der Waals surface area contributed by atoms with Gasteiger partial charge in [0, 0.05) is 10.9 Å². The number of nitrogens with one attached hydrogen (secondary N) is 1. The van der Waals surface area contributed by atoms with Gasteiger partial charge in [0.1, 0.15) is 0 Å². The van der Waals surface area contributed by atoms with Gasteiger partial charge < -0.3 is 10.2 Å². The van der Waals surface area contributed by atoms with Gasteiger partial charge in [-0.15, -0.1) is 11.3 Å². The molecule has 2 amide bonds. The molecule has 138 valence electrons. The first kappa shape index (κ1) is 17.7. The first-order valence-electron chi connectivity index (χ1n) is 9.26. The van der Waals surface area contributed by atoms with Crippen LogP contribution >= 0.6 is 11.3 Å². The molecule has 5 heteroatoms. The second-order valence-electron chi connectivity index (χ2n) is 6.92. The molecule has 2 aromatic carbocycles. The van der Waals surface area contributed by atoms with Crippen molar-refractivity contribution < 1.29 is 9.59 Å². The van der Waals surface area contributed by atoms with Gasteiger partial charge in [-0.3, -0.25) is 9.59 Å². The highest BCUT2D eigenvalue weighted by Gasteiger charge is 2.32. The van der Waals surface area contributed by atoms with Gasteiger partial charge in [0.15, 0.2) is 0 Å². The zero-order valence-corrected chi connectivity index (χ0v) is 15.9. The van der Waals surface area contributed by atoms with Crippen LogP contribution in [-0.4, -0.2) is 29.3 Å². The number of rotatable bonds is 7. The van der Waals surface area contributed by atoms with E-state index in [0.717, 1.165) is 29.2 Å². The highest BCUT2D eigenvalue weighted by atomic mass is 32.1. The van der Waals surface area contributed by atoms with Crippen molar-refractivity contribution in [3.63, 3.8) is 0 Å². The molecule has 4 nitrogen and oxygen atoms in total. The second-order valence-corrected chi connectivity index (χ2v) is 7.96. The molecule has 0 bridgehead atoms. The van der Waals surface area contributed by atoms with Crippen molar-refractivity contribution in [2.75, 3.05) is 6.54 Å². The first-order valence-corrected chi connectivity index (χ1v) is 10.1. The van der Waals surface area contributed by atoms with Gasteiger partial charge in [-0.2, -0.15) is 0 Å². The Morgan fingerprint density at radius 2 is 1.85 bits per heavy atom. The third-order valence-corrected chi connectivity index (χ3v) is 5.74. The summed E-state index contributed by atoms with van der Waals surface area (Å²) in [6, 6.07) is 18.4. The minimum Gasteiger partial charge on any atom is -0.347 e. The lowest BCUT2D eigenvalue weighted by molar-refractivity contribution is -0.133. The van der Waals surface area contributed by atoms with Gasteiger partial charge in [-0.25, -0.2) is 0 Å². The van der Waals surface area contributed by atoms with Crippen LogP contribution in [0.3, 0.4) is 0 Å². The van der Waals surface area contributed by atoms with Crippen molar-refractivity contribution in [1.29, 1.82) is 0 Å². The van der Waals surface area contributed by atoms with Crippen molar-refractivity contribution in [2.45, 2.75) is 31.8 Å². The molecule has 1 fully saturated rings. The van der Waals surface area contributed by atoms with Crippen LogP contribution in [0.15, 0.2) is 60.0 Å². The molecule has 0 unspecified atom stereocenters. The predicted molar refractivity (Wildman–Crippen MR) is 109 cm³/mol. The maximum atomic E-state index is 12.6. The average molecular weight is 378 g/mol. The van der Waals surface area contributed by atoms with E-state index in [1.807, 2.05) is 64.9 Å². The zero-order chi connectivity index (χ0) is 18.6. The lowest BCUT2D eigenvalue weighted by Crippen LogP contribution is -2.41. The third-order valence-electron chi connectivity index (χ3n) is 4.88. The molecular weight excluding hydrogens is 356 g/mol. The summed E-state index contributed by atoms with van der Waals surface area (Å²) in [6.07, 6.45) is 2.39. The molecule has 0 spiro atoms. The first-order chi connectivity index (χ1) is 13.2. The number of nitrogens with zero attached hydrogens (tertiary/aromatic N) is 1. The predicted octanol–water partition coefficient (Wildman–Crippen LogP) is 3.75. The normalized spacial score (nSPS) is 13.5. The second kappa shape index (κ2) is 7.92. The number of hydrogen-bond acceptors (Lipinski definition) is 3. The SMILES string of the molecule is O=C(Cc1cccc2ccccc12)NCC(=O)N(Cc1cccs1)C1CC1. The number of amides is 2. The molecular formula is C22H22N2O2S. The molecule has 1 saturated carbocycles. The molecule has 1 aliphatic rings. The van der Waals surface area contributed by atoms with Crippen molar-refractivity contribution in [2.24, 2.45) is 0 Å². The number of fused-ring (bicyclic) bond motifs is 1. The number of thiophene rings is 1. The standard InChI is InChI=1S/C22H22N2O2S/c25-21(13-17-7-3-6-16-5-1-2-9-20(16)17)23-14-22(26)24(18-10-11-18)15-19-8-4-12-27-19/h1-9,12,18H,10-11,13-15H2,(H,23,25). The molecule has 1 N–H and O–H groups in total. The molecule has 3 aromatic rings. The lowest BCUT2D eigenvalue weighted by atomic mass is 10.0. The Balaban J connectivity index is 1.36. The maximum absolute atomic E-state index is 12.6. The van der Waals surface area contributed by atoms with Crippen LogP contribution in [0.2, 0.25) is 0 Å². The fraction of sp³-hybridized carbons (Fsp3) is 0.273. The van der Waals surface area contributed by atoms with E-state index in [1.165, 1.54) is 4.88 Å². The summed E-state index contributed by atoms with van der Waals surface area (Å²) in [5.74, 6) is -0.122. The summed E-state index contributed by atoms with van der Waals surface area (Å²) < 4.78 is 0. The fourth-order valence-corrected chi connectivity index (χ4v) is 4.04. The van der Waals surface area contributed by atoms with E-state index >= 15 is 0 Å². The van der Waals surface area contributed by atoms with Crippen LogP contribution in [0.5, 0.6) is 0 Å². The quantitative estimate of drug-likeness (QED) is 0.681. The van der Waals surface area contributed by atoms with Crippen LogP contribution < -0.4 is 5.32 Å². The van der Waals surface area contributed by atoms with Crippen LogP contribution in [0.4, 0.5) is 0 Å². The number of benzene rings is 2. The van der Waals surface area contributed by atoms with E-state index in [0.29, 0.717) is 12.6 Å². The van der Waals surface area contributed by atoms with Crippen LogP contribution in [0.1, 0.15) is 23.3 Å². The molecule has 0 radical (unpaired) electrons. The van der Waals surface area contributed by atoms with Crippen molar-refractivity contribution in [3.05, 3.63) is 70.4 Å². The molecule has 0 aliphatic heterocycles. The maximum Gasteiger partial charge on any atom is 0.242 e. The minimum absolute atomic E-state index is 0.00262. The summed E-state index contributed by atoms with van der Waals surface area (Å²) in [7, 11) is 0. The molecule has 27 heavy (non-hydrogen) atoms. The third kappa shape index (κ3) is 4.37. The van der Waals surface area contributed by atoms with E-state index in [2.05, 4.69) is 5.32 Å². The van der Waals surface area contributed by atoms with Gasteiger partial charge in [0.25, 0.3) is 0 Å². The van der Waals surface area contributed by atoms with Crippen molar-refractivity contribution in [3.8, 4) is 0 Å². The van der Waals surface area contributed by atoms with Gasteiger partial charge in [-0.1, -0.05) is 48.5 Å². The average Bonchev–Trinajstić information content (AvgIpc) is 3.40. The van der Waals surface area contributed by atoms with E-state index in [4.69, 9.17) is 0 Å². The largest absolute Gasteiger partial charge is 0.347 e. The Hall–Kier alpha value is -2.66. The van der Waals surface area contributed by atoms with E-state index in [-0.39, 0.29) is 24.8 Å². The Kier molecular flexibility index (Phi) is 5.21. The molecule has 0 atom stereocenters. The van der Waals surface area contributed by atoms with E-state index in [9.17, 15) is 9.59 Å². The van der Waals surface area contributed by atoms with Gasteiger partial charge in [0.2, 0.25) is 11.8 Å². The zero-order valence-electron chi connectivity index (χ0n) is 15.1. The molecule has 1 aromatic heterocycles. The van der Waals surface area contributed by atoms with Gasteiger partial charge in [0.05, 0.1) is 19.5 Å².